The third-order valence-corrected chi connectivity index (χ3v) is 3.76. The van der Waals surface area contributed by atoms with Gasteiger partial charge < -0.3 is 5.11 Å². The van der Waals surface area contributed by atoms with Gasteiger partial charge in [-0.25, -0.2) is 17.5 Å². The Morgan fingerprint density at radius 1 is 1.35 bits per heavy atom. The molecule has 0 aliphatic heterocycles. The number of benzene rings is 1. The first-order chi connectivity index (χ1) is 9.15. The molecule has 0 aromatic heterocycles. The van der Waals surface area contributed by atoms with Crippen molar-refractivity contribution in [1.82, 2.24) is 4.72 Å². The van der Waals surface area contributed by atoms with Gasteiger partial charge in [-0.3, -0.25) is 0 Å². The Morgan fingerprint density at radius 2 is 2.00 bits per heavy atom. The summed E-state index contributed by atoms with van der Waals surface area (Å²) < 4.78 is 40.2. The number of nitrogens with one attached hydrogen (secondary N) is 1. The summed E-state index contributed by atoms with van der Waals surface area (Å²) in [4.78, 5) is -0.406. The average Bonchev–Trinajstić information content (AvgIpc) is 2.33. The summed E-state index contributed by atoms with van der Waals surface area (Å²) in [5.74, 6) is 4.02. The molecule has 0 radical (unpaired) electrons. The van der Waals surface area contributed by atoms with Gasteiger partial charge in [-0.05, 0) is 23.6 Å². The van der Waals surface area contributed by atoms with Crippen LogP contribution in [0.1, 0.15) is 26.3 Å². The van der Waals surface area contributed by atoms with E-state index in [9.17, 15) is 12.8 Å². The van der Waals surface area contributed by atoms with Gasteiger partial charge in [0.25, 0.3) is 0 Å². The van der Waals surface area contributed by atoms with E-state index in [4.69, 9.17) is 5.11 Å². The number of hydrogen-bond donors (Lipinski definition) is 2. The van der Waals surface area contributed by atoms with Crippen LogP contribution in [0, 0.1) is 23.1 Å². The third-order valence-electron chi connectivity index (χ3n) is 2.33. The maximum atomic E-state index is 13.8. The zero-order chi connectivity index (χ0) is 15.4. The molecule has 0 atom stereocenters. The highest BCUT2D eigenvalue weighted by Crippen LogP contribution is 2.17. The fourth-order valence-electron chi connectivity index (χ4n) is 1.33. The summed E-state index contributed by atoms with van der Waals surface area (Å²) in [6.07, 6.45) is 0. The van der Waals surface area contributed by atoms with E-state index in [0.717, 1.165) is 6.07 Å². The molecule has 0 spiro atoms. The number of aliphatic hydroxyl groups is 1. The second-order valence-corrected chi connectivity index (χ2v) is 7.23. The monoisotopic (exact) mass is 299 g/mol. The van der Waals surface area contributed by atoms with E-state index in [0.29, 0.717) is 5.56 Å². The van der Waals surface area contributed by atoms with Crippen molar-refractivity contribution in [2.24, 2.45) is 5.41 Å². The number of aliphatic hydroxyl groups excluding tert-OH is 1. The number of hydrogen-bond acceptors (Lipinski definition) is 3. The van der Waals surface area contributed by atoms with Gasteiger partial charge in [0.15, 0.2) is 0 Å². The van der Waals surface area contributed by atoms with Gasteiger partial charge in [-0.1, -0.05) is 32.6 Å². The summed E-state index contributed by atoms with van der Waals surface area (Å²) in [5, 5.41) is 8.55. The first-order valence-electron chi connectivity index (χ1n) is 6.05. The molecule has 0 amide bonds. The first-order valence-corrected chi connectivity index (χ1v) is 7.53. The molecule has 1 aromatic carbocycles. The van der Waals surface area contributed by atoms with Crippen LogP contribution in [-0.2, 0) is 10.0 Å². The van der Waals surface area contributed by atoms with Crippen molar-refractivity contribution in [1.29, 1.82) is 0 Å². The summed E-state index contributed by atoms with van der Waals surface area (Å²) in [7, 11) is -3.88. The van der Waals surface area contributed by atoms with Crippen LogP contribution in [-0.4, -0.2) is 26.7 Å². The van der Waals surface area contributed by atoms with Crippen LogP contribution in [0.5, 0.6) is 0 Å². The molecule has 0 bridgehead atoms. The van der Waals surface area contributed by atoms with E-state index in [1.54, 1.807) is 0 Å². The molecule has 1 rings (SSSR count). The molecule has 6 heteroatoms. The molecule has 0 fully saturated rings. The van der Waals surface area contributed by atoms with Crippen molar-refractivity contribution < 1.29 is 17.9 Å². The summed E-state index contributed by atoms with van der Waals surface area (Å²) in [5.41, 5.74) is 0.0714. The van der Waals surface area contributed by atoms with Gasteiger partial charge in [0.2, 0.25) is 10.0 Å². The molecular formula is C14H18FNO3S. The lowest BCUT2D eigenvalue weighted by Gasteiger charge is -2.18. The Balaban J connectivity index is 3.02. The number of sulfonamides is 1. The van der Waals surface area contributed by atoms with Gasteiger partial charge in [-0.15, -0.1) is 0 Å². The van der Waals surface area contributed by atoms with Crippen LogP contribution < -0.4 is 4.72 Å². The quantitative estimate of drug-likeness (QED) is 0.831. The highest BCUT2D eigenvalue weighted by molar-refractivity contribution is 7.89. The van der Waals surface area contributed by atoms with E-state index < -0.39 is 20.7 Å². The van der Waals surface area contributed by atoms with E-state index in [2.05, 4.69) is 16.6 Å². The minimum absolute atomic E-state index is 0.209. The lowest BCUT2D eigenvalue weighted by Crippen LogP contribution is -2.32. The molecule has 0 aliphatic carbocycles. The number of rotatable bonds is 3. The maximum absolute atomic E-state index is 13.8. The van der Waals surface area contributed by atoms with Gasteiger partial charge in [-0.2, -0.15) is 0 Å². The van der Waals surface area contributed by atoms with Crippen molar-refractivity contribution in [2.45, 2.75) is 25.7 Å². The Bertz CT molecular complexity index is 637. The molecule has 110 valence electrons. The van der Waals surface area contributed by atoms with E-state index in [-0.39, 0.29) is 18.6 Å². The largest absolute Gasteiger partial charge is 0.384 e. The third kappa shape index (κ3) is 4.93. The van der Waals surface area contributed by atoms with E-state index in [1.807, 2.05) is 20.8 Å². The zero-order valence-corrected chi connectivity index (χ0v) is 12.5. The van der Waals surface area contributed by atoms with Crippen molar-refractivity contribution in [3.8, 4) is 11.8 Å². The van der Waals surface area contributed by atoms with Crippen molar-refractivity contribution >= 4 is 10.0 Å². The Kier molecular flexibility index (Phi) is 5.28. The van der Waals surface area contributed by atoms with Gasteiger partial charge in [0, 0.05) is 12.1 Å². The van der Waals surface area contributed by atoms with Gasteiger partial charge in [0.05, 0.1) is 0 Å². The van der Waals surface area contributed by atoms with Crippen LogP contribution in [0.2, 0.25) is 0 Å². The topological polar surface area (TPSA) is 66.4 Å². The lowest BCUT2D eigenvalue weighted by molar-refractivity contribution is 0.350. The predicted octanol–water partition coefficient (Wildman–Crippen LogP) is 1.49. The molecule has 0 aliphatic rings. The molecule has 0 saturated heterocycles. The molecule has 1 aromatic rings. The first kappa shape index (κ1) is 16.6. The average molecular weight is 299 g/mol. The Labute approximate surface area is 119 Å². The maximum Gasteiger partial charge on any atom is 0.243 e. The van der Waals surface area contributed by atoms with Gasteiger partial charge in [0.1, 0.15) is 17.3 Å². The second kappa shape index (κ2) is 6.35. The van der Waals surface area contributed by atoms with Crippen LogP contribution in [0.3, 0.4) is 0 Å². The summed E-state index contributed by atoms with van der Waals surface area (Å²) in [6.45, 7) is 5.49. The minimum Gasteiger partial charge on any atom is -0.384 e. The van der Waals surface area contributed by atoms with Crippen molar-refractivity contribution in [3.05, 3.63) is 29.6 Å². The molecule has 0 heterocycles. The zero-order valence-electron chi connectivity index (χ0n) is 11.7. The van der Waals surface area contributed by atoms with Crippen molar-refractivity contribution in [3.63, 3.8) is 0 Å². The fourth-order valence-corrected chi connectivity index (χ4v) is 2.67. The van der Waals surface area contributed by atoms with Crippen LogP contribution >= 0.6 is 0 Å². The lowest BCUT2D eigenvalue weighted by atomic mass is 9.98. The SMILES string of the molecule is CC(C)(C)CNS(=O)(=O)c1ccc(C#CCO)cc1F. The molecular weight excluding hydrogens is 281 g/mol. The highest BCUT2D eigenvalue weighted by Gasteiger charge is 2.21. The molecule has 0 unspecified atom stereocenters. The molecule has 4 nitrogen and oxygen atoms in total. The highest BCUT2D eigenvalue weighted by atomic mass is 32.2. The molecule has 20 heavy (non-hydrogen) atoms. The number of halogens is 1. The summed E-state index contributed by atoms with van der Waals surface area (Å²) in [6, 6.07) is 3.60. The summed E-state index contributed by atoms with van der Waals surface area (Å²) >= 11 is 0. The molecule has 2 N–H and O–H groups in total. The van der Waals surface area contributed by atoms with Crippen LogP contribution in [0.4, 0.5) is 4.39 Å². The second-order valence-electron chi connectivity index (χ2n) is 5.49. The van der Waals surface area contributed by atoms with Crippen molar-refractivity contribution in [2.75, 3.05) is 13.2 Å². The van der Waals surface area contributed by atoms with E-state index >= 15 is 0 Å². The fraction of sp³-hybridized carbons (Fsp3) is 0.429. The van der Waals surface area contributed by atoms with E-state index in [1.165, 1.54) is 12.1 Å². The Hall–Kier alpha value is -1.42. The van der Waals surface area contributed by atoms with Gasteiger partial charge >= 0.3 is 0 Å². The van der Waals surface area contributed by atoms with Crippen LogP contribution in [0.25, 0.3) is 0 Å². The normalized spacial score (nSPS) is 11.8. The molecule has 0 saturated carbocycles. The standard InChI is InChI=1S/C14H18FNO3S/c1-14(2,3)10-16-20(18,19)13-7-6-11(5-4-8-17)9-12(13)15/h6-7,9,16-17H,8,10H2,1-3H3. The predicted molar refractivity (Wildman–Crippen MR) is 75.0 cm³/mol. The minimum atomic E-state index is -3.88. The smallest absolute Gasteiger partial charge is 0.243 e. The Morgan fingerprint density at radius 3 is 2.50 bits per heavy atom. The van der Waals surface area contributed by atoms with Crippen LogP contribution in [0.15, 0.2) is 23.1 Å².